The Balaban J connectivity index is 1.53. The van der Waals surface area contributed by atoms with Crippen LogP contribution in [0.2, 0.25) is 0 Å². The Labute approximate surface area is 149 Å². The van der Waals surface area contributed by atoms with Crippen molar-refractivity contribution in [2.24, 2.45) is 28.6 Å². The van der Waals surface area contributed by atoms with Crippen molar-refractivity contribution in [2.75, 3.05) is 0 Å². The molecule has 0 aromatic carbocycles. The van der Waals surface area contributed by atoms with Crippen LogP contribution in [0, 0.1) is 40.9 Å². The Morgan fingerprint density at radius 2 is 2.04 bits per heavy atom. The molecule has 3 saturated carbocycles. The molecule has 1 aromatic heterocycles. The molecule has 0 bridgehead atoms. The summed E-state index contributed by atoms with van der Waals surface area (Å²) in [5.74, 6) is 5.64. The van der Waals surface area contributed by atoms with E-state index in [-0.39, 0.29) is 10.8 Å². The highest BCUT2D eigenvalue weighted by Gasteiger charge is 2.63. The predicted molar refractivity (Wildman–Crippen MR) is 96.4 cm³/mol. The first-order valence-corrected chi connectivity index (χ1v) is 9.76. The zero-order chi connectivity index (χ0) is 17.4. The Morgan fingerprint density at radius 3 is 2.84 bits per heavy atom. The number of rotatable bonds is 0. The van der Waals surface area contributed by atoms with Gasteiger partial charge >= 0.3 is 0 Å². The van der Waals surface area contributed by atoms with Gasteiger partial charge < -0.3 is 9.63 Å². The monoisotopic (exact) mass is 337 g/mol. The summed E-state index contributed by atoms with van der Waals surface area (Å²) in [6.07, 6.45) is 17.4. The van der Waals surface area contributed by atoms with Gasteiger partial charge in [-0.3, -0.25) is 0 Å². The molecule has 0 saturated heterocycles. The van der Waals surface area contributed by atoms with Crippen LogP contribution in [-0.4, -0.2) is 15.9 Å². The lowest BCUT2D eigenvalue weighted by molar-refractivity contribution is -0.0975. The number of hydrogen-bond donors (Lipinski definition) is 1. The molecule has 132 valence electrons. The van der Waals surface area contributed by atoms with Gasteiger partial charge in [0, 0.05) is 11.0 Å². The Hall–Kier alpha value is -1.53. The molecule has 4 aliphatic rings. The molecule has 3 fully saturated rings. The summed E-state index contributed by atoms with van der Waals surface area (Å²) in [6.45, 7) is 4.71. The fourth-order valence-corrected chi connectivity index (χ4v) is 7.14. The fraction of sp³-hybridized carbons (Fsp3) is 0.682. The molecular weight excluding hydrogens is 310 g/mol. The van der Waals surface area contributed by atoms with E-state index in [1.54, 1.807) is 5.57 Å². The van der Waals surface area contributed by atoms with Crippen molar-refractivity contribution in [2.45, 2.75) is 64.4 Å². The summed E-state index contributed by atoms with van der Waals surface area (Å²) < 4.78 is 5.43. The Bertz CT molecular complexity index is 801. The molecule has 4 aliphatic carbocycles. The Morgan fingerprint density at radius 1 is 1.24 bits per heavy atom. The van der Waals surface area contributed by atoms with Crippen LogP contribution in [0.5, 0.6) is 0 Å². The lowest BCUT2D eigenvalue weighted by Crippen LogP contribution is -2.54. The number of allylic oxidation sites excluding steroid dienone is 1. The van der Waals surface area contributed by atoms with E-state index in [1.165, 1.54) is 12.0 Å². The van der Waals surface area contributed by atoms with Crippen molar-refractivity contribution in [3.05, 3.63) is 23.1 Å². The van der Waals surface area contributed by atoms with E-state index in [0.717, 1.165) is 44.3 Å². The normalized spacial score (nSPS) is 47.8. The molecule has 25 heavy (non-hydrogen) atoms. The first-order chi connectivity index (χ1) is 11.9. The van der Waals surface area contributed by atoms with E-state index >= 15 is 0 Å². The van der Waals surface area contributed by atoms with Crippen molar-refractivity contribution in [3.8, 4) is 12.3 Å². The van der Waals surface area contributed by atoms with Gasteiger partial charge in [-0.25, -0.2) is 0 Å². The van der Waals surface area contributed by atoms with Gasteiger partial charge in [-0.1, -0.05) is 30.5 Å². The molecule has 0 radical (unpaired) electrons. The topological polar surface area (TPSA) is 46.3 Å². The van der Waals surface area contributed by atoms with E-state index in [9.17, 15) is 5.11 Å². The van der Waals surface area contributed by atoms with Crippen molar-refractivity contribution in [1.29, 1.82) is 0 Å². The van der Waals surface area contributed by atoms with Crippen LogP contribution >= 0.6 is 0 Å². The van der Waals surface area contributed by atoms with Gasteiger partial charge in [-0.15, -0.1) is 6.42 Å². The van der Waals surface area contributed by atoms with E-state index in [2.05, 4.69) is 31.0 Å². The first kappa shape index (κ1) is 15.7. The van der Waals surface area contributed by atoms with E-state index in [1.807, 2.05) is 6.20 Å². The van der Waals surface area contributed by atoms with Gasteiger partial charge in [0.1, 0.15) is 5.60 Å². The third kappa shape index (κ3) is 1.79. The van der Waals surface area contributed by atoms with Crippen LogP contribution in [-0.2, 0) is 6.42 Å². The maximum absolute atomic E-state index is 11.1. The van der Waals surface area contributed by atoms with Gasteiger partial charge in [-0.2, -0.15) is 0 Å². The summed E-state index contributed by atoms with van der Waals surface area (Å²) >= 11 is 0. The third-order valence-electron chi connectivity index (χ3n) is 8.67. The largest absolute Gasteiger partial charge is 0.377 e. The first-order valence-electron chi connectivity index (χ1n) is 9.76. The molecule has 1 aromatic rings. The van der Waals surface area contributed by atoms with Crippen LogP contribution < -0.4 is 0 Å². The van der Waals surface area contributed by atoms with Gasteiger partial charge in [-0.05, 0) is 74.2 Å². The van der Waals surface area contributed by atoms with Crippen LogP contribution in [0.15, 0.2) is 16.3 Å². The van der Waals surface area contributed by atoms with E-state index in [4.69, 9.17) is 10.9 Å². The highest BCUT2D eigenvalue weighted by Crippen LogP contribution is 2.67. The van der Waals surface area contributed by atoms with Crippen molar-refractivity contribution in [3.63, 3.8) is 0 Å². The van der Waals surface area contributed by atoms with Crippen molar-refractivity contribution < 1.29 is 9.63 Å². The van der Waals surface area contributed by atoms with Gasteiger partial charge in [0.05, 0.1) is 6.20 Å². The van der Waals surface area contributed by atoms with Gasteiger partial charge in [0.2, 0.25) is 0 Å². The molecule has 0 amide bonds. The molecule has 0 spiro atoms. The van der Waals surface area contributed by atoms with Crippen LogP contribution in [0.3, 0.4) is 0 Å². The van der Waals surface area contributed by atoms with Crippen LogP contribution in [0.25, 0.3) is 6.08 Å². The van der Waals surface area contributed by atoms with Crippen LogP contribution in [0.4, 0.5) is 0 Å². The summed E-state index contributed by atoms with van der Waals surface area (Å²) in [5, 5.41) is 15.1. The lowest BCUT2D eigenvalue weighted by Gasteiger charge is -2.58. The standard InChI is InChI=1S/C22H27NO2/c1-4-22(24)10-8-18-16-6-5-15-11-19-14(13-23-25-19)12-20(15,2)17(16)7-9-21(18,22)3/h1,11,13,16-18,24H,5-10,12H2,2-3H3/t16-,17-,18+,20-,21+,22+/m1/s1. The second-order valence-corrected chi connectivity index (χ2v) is 9.39. The molecule has 0 aliphatic heterocycles. The molecule has 1 N–H and O–H groups in total. The van der Waals surface area contributed by atoms with E-state index in [0.29, 0.717) is 17.8 Å². The minimum Gasteiger partial charge on any atom is -0.377 e. The summed E-state index contributed by atoms with van der Waals surface area (Å²) in [7, 11) is 0. The van der Waals surface area contributed by atoms with Crippen LogP contribution in [0.1, 0.15) is 63.7 Å². The smallest absolute Gasteiger partial charge is 0.162 e. The van der Waals surface area contributed by atoms with Crippen molar-refractivity contribution >= 4 is 6.08 Å². The molecule has 3 heteroatoms. The number of terminal acetylenes is 1. The highest BCUT2D eigenvalue weighted by atomic mass is 16.5. The van der Waals surface area contributed by atoms with Gasteiger partial charge in [0.25, 0.3) is 0 Å². The minimum atomic E-state index is -0.909. The number of aliphatic hydroxyl groups is 1. The fourth-order valence-electron chi connectivity index (χ4n) is 7.14. The second-order valence-electron chi connectivity index (χ2n) is 9.39. The minimum absolute atomic E-state index is 0.114. The summed E-state index contributed by atoms with van der Waals surface area (Å²) in [6, 6.07) is 0. The second kappa shape index (κ2) is 4.80. The number of aromatic nitrogens is 1. The van der Waals surface area contributed by atoms with Gasteiger partial charge in [0.15, 0.2) is 5.76 Å². The SMILES string of the molecule is C#C[C@]1(O)CC[C@H]2[C@@H]3CCC4=Cc5oncc5C[C@@]4(C)[C@@H]3CC[C@@]21C. The summed E-state index contributed by atoms with van der Waals surface area (Å²) in [5.41, 5.74) is 1.99. The molecular formula is C22H27NO2. The average Bonchev–Trinajstić information content (AvgIpc) is 3.14. The predicted octanol–water partition coefficient (Wildman–Crippen LogP) is 4.22. The number of hydrogen-bond acceptors (Lipinski definition) is 3. The quantitative estimate of drug-likeness (QED) is 0.721. The van der Waals surface area contributed by atoms with E-state index < -0.39 is 5.60 Å². The number of fused-ring (bicyclic) bond motifs is 6. The molecule has 6 atom stereocenters. The van der Waals surface area contributed by atoms with Crippen molar-refractivity contribution in [1.82, 2.24) is 5.16 Å². The molecule has 1 heterocycles. The highest BCUT2D eigenvalue weighted by molar-refractivity contribution is 5.57. The zero-order valence-electron chi connectivity index (χ0n) is 15.2. The maximum atomic E-state index is 11.1. The number of nitrogens with zero attached hydrogens (tertiary/aromatic N) is 1. The molecule has 0 unspecified atom stereocenters. The maximum Gasteiger partial charge on any atom is 0.162 e. The lowest BCUT2D eigenvalue weighted by atomic mass is 9.46. The summed E-state index contributed by atoms with van der Waals surface area (Å²) in [4.78, 5) is 0. The zero-order valence-corrected chi connectivity index (χ0v) is 15.2. The molecule has 3 nitrogen and oxygen atoms in total. The molecule has 5 rings (SSSR count). The average molecular weight is 337 g/mol. The third-order valence-corrected chi connectivity index (χ3v) is 8.67. The Kier molecular flexibility index (Phi) is 3.01.